The predicted octanol–water partition coefficient (Wildman–Crippen LogP) is 2.18. The summed E-state index contributed by atoms with van der Waals surface area (Å²) in [4.78, 5) is 35.7. The van der Waals surface area contributed by atoms with Crippen LogP contribution in [-0.4, -0.2) is 36.0 Å². The SMILES string of the molecule is O=C(O)CC1CCN(c2cc(F)c(C3CCC(=O)NC3=O)c(F)c2)CC1. The van der Waals surface area contributed by atoms with Crippen molar-refractivity contribution in [3.05, 3.63) is 29.3 Å². The molecule has 3 rings (SSSR count). The van der Waals surface area contributed by atoms with Crippen LogP contribution in [0.1, 0.15) is 43.6 Å². The summed E-state index contributed by atoms with van der Waals surface area (Å²) in [5, 5.41) is 11.0. The predicted molar refractivity (Wildman–Crippen MR) is 88.7 cm³/mol. The Hall–Kier alpha value is -2.51. The van der Waals surface area contributed by atoms with Gasteiger partial charge in [0.05, 0.1) is 5.92 Å². The van der Waals surface area contributed by atoms with Crippen LogP contribution in [0.5, 0.6) is 0 Å². The lowest BCUT2D eigenvalue weighted by atomic mass is 9.89. The monoisotopic (exact) mass is 366 g/mol. The fourth-order valence-corrected chi connectivity index (χ4v) is 3.70. The zero-order valence-corrected chi connectivity index (χ0v) is 14.1. The van der Waals surface area contributed by atoms with Gasteiger partial charge in [0.25, 0.3) is 0 Å². The van der Waals surface area contributed by atoms with E-state index in [1.165, 1.54) is 12.1 Å². The van der Waals surface area contributed by atoms with Crippen molar-refractivity contribution in [2.24, 2.45) is 5.92 Å². The van der Waals surface area contributed by atoms with Crippen LogP contribution in [0, 0.1) is 17.6 Å². The van der Waals surface area contributed by atoms with E-state index in [9.17, 15) is 23.2 Å². The number of amides is 2. The maximum Gasteiger partial charge on any atom is 0.303 e. The van der Waals surface area contributed by atoms with Gasteiger partial charge < -0.3 is 10.0 Å². The first-order valence-corrected chi connectivity index (χ1v) is 8.64. The van der Waals surface area contributed by atoms with Gasteiger partial charge in [0, 0.05) is 37.2 Å². The third-order valence-electron chi connectivity index (χ3n) is 5.09. The quantitative estimate of drug-likeness (QED) is 0.798. The van der Waals surface area contributed by atoms with Gasteiger partial charge in [-0.15, -0.1) is 0 Å². The number of carbonyl (C=O) groups excluding carboxylic acids is 2. The van der Waals surface area contributed by atoms with Crippen LogP contribution < -0.4 is 10.2 Å². The normalized spacial score (nSPS) is 21.6. The van der Waals surface area contributed by atoms with Gasteiger partial charge in [0.15, 0.2) is 0 Å². The van der Waals surface area contributed by atoms with Gasteiger partial charge in [0.1, 0.15) is 11.6 Å². The number of rotatable bonds is 4. The molecule has 1 unspecified atom stereocenters. The largest absolute Gasteiger partial charge is 0.481 e. The Morgan fingerprint density at radius 2 is 1.77 bits per heavy atom. The smallest absolute Gasteiger partial charge is 0.303 e. The number of carboxylic acid groups (broad SMARTS) is 1. The Morgan fingerprint density at radius 1 is 1.15 bits per heavy atom. The lowest BCUT2D eigenvalue weighted by Crippen LogP contribution is -2.40. The Balaban J connectivity index is 1.75. The Labute approximate surface area is 149 Å². The lowest BCUT2D eigenvalue weighted by molar-refractivity contribution is -0.138. The minimum absolute atomic E-state index is 0.0497. The minimum atomic E-state index is -1.01. The van der Waals surface area contributed by atoms with Crippen LogP contribution in [0.2, 0.25) is 0 Å². The first kappa shape index (κ1) is 18.3. The molecule has 2 aliphatic heterocycles. The van der Waals surface area contributed by atoms with Crippen molar-refractivity contribution in [1.82, 2.24) is 5.32 Å². The van der Waals surface area contributed by atoms with Crippen LogP contribution in [0.3, 0.4) is 0 Å². The number of hydrogen-bond donors (Lipinski definition) is 2. The fourth-order valence-electron chi connectivity index (χ4n) is 3.70. The summed E-state index contributed by atoms with van der Waals surface area (Å²) < 4.78 is 29.1. The van der Waals surface area contributed by atoms with Gasteiger partial charge in [0.2, 0.25) is 11.8 Å². The molecule has 2 heterocycles. The Kier molecular flexibility index (Phi) is 5.20. The molecule has 0 bridgehead atoms. The zero-order chi connectivity index (χ0) is 18.8. The molecule has 1 aromatic rings. The van der Waals surface area contributed by atoms with Crippen molar-refractivity contribution in [3.8, 4) is 0 Å². The molecule has 0 saturated carbocycles. The highest BCUT2D eigenvalue weighted by atomic mass is 19.1. The maximum absolute atomic E-state index is 14.6. The van der Waals surface area contributed by atoms with Crippen LogP contribution in [-0.2, 0) is 14.4 Å². The van der Waals surface area contributed by atoms with Gasteiger partial charge in [-0.25, -0.2) is 8.78 Å². The van der Waals surface area contributed by atoms with Crippen molar-refractivity contribution in [2.75, 3.05) is 18.0 Å². The van der Waals surface area contributed by atoms with E-state index < -0.39 is 35.3 Å². The zero-order valence-electron chi connectivity index (χ0n) is 14.1. The number of aliphatic carboxylic acids is 1. The van der Waals surface area contributed by atoms with E-state index >= 15 is 0 Å². The van der Waals surface area contributed by atoms with Gasteiger partial charge in [-0.3, -0.25) is 19.7 Å². The highest BCUT2D eigenvalue weighted by Crippen LogP contribution is 2.33. The number of nitrogens with zero attached hydrogens (tertiary/aromatic N) is 1. The number of halogens is 2. The fraction of sp³-hybridized carbons (Fsp3) is 0.500. The van der Waals surface area contributed by atoms with Crippen LogP contribution in [0.15, 0.2) is 12.1 Å². The number of benzene rings is 1. The number of imide groups is 1. The average Bonchev–Trinajstić information content (AvgIpc) is 2.56. The second-order valence-corrected chi connectivity index (χ2v) is 6.86. The number of hydrogen-bond acceptors (Lipinski definition) is 4. The van der Waals surface area contributed by atoms with Gasteiger partial charge in [-0.2, -0.15) is 0 Å². The third kappa shape index (κ3) is 3.84. The summed E-state index contributed by atoms with van der Waals surface area (Å²) >= 11 is 0. The summed E-state index contributed by atoms with van der Waals surface area (Å²) in [6, 6.07) is 2.42. The van der Waals surface area contributed by atoms with Gasteiger partial charge in [-0.1, -0.05) is 0 Å². The highest BCUT2D eigenvalue weighted by Gasteiger charge is 2.33. The summed E-state index contributed by atoms with van der Waals surface area (Å²) in [7, 11) is 0. The molecule has 0 aromatic heterocycles. The number of piperidine rings is 2. The molecule has 140 valence electrons. The van der Waals surface area contributed by atoms with E-state index in [1.807, 2.05) is 4.90 Å². The molecule has 2 N–H and O–H groups in total. The Bertz CT molecular complexity index is 722. The standard InChI is InChI=1S/C18H20F2N2O4/c19-13-8-11(22-5-3-10(4-6-22)7-16(24)25)9-14(20)17(13)12-1-2-15(23)21-18(12)26/h8-10,12H,1-7H2,(H,24,25)(H,21,23,26). The summed E-state index contributed by atoms with van der Waals surface area (Å²) in [5.74, 6) is -4.50. The Morgan fingerprint density at radius 3 is 2.31 bits per heavy atom. The van der Waals surface area contributed by atoms with Crippen LogP contribution in [0.25, 0.3) is 0 Å². The molecule has 0 aliphatic carbocycles. The summed E-state index contributed by atoms with van der Waals surface area (Å²) in [6.45, 7) is 1.04. The van der Waals surface area contributed by atoms with Crippen molar-refractivity contribution in [2.45, 2.75) is 38.0 Å². The molecular formula is C18H20F2N2O4. The molecule has 1 aromatic carbocycles. The lowest BCUT2D eigenvalue weighted by Gasteiger charge is -2.33. The molecule has 1 atom stereocenters. The molecule has 6 nitrogen and oxygen atoms in total. The number of carboxylic acids is 1. The van der Waals surface area contributed by atoms with Crippen LogP contribution >= 0.6 is 0 Å². The molecule has 2 amide bonds. The maximum atomic E-state index is 14.6. The summed E-state index contributed by atoms with van der Waals surface area (Å²) in [5.41, 5.74) is 0.0735. The molecular weight excluding hydrogens is 346 g/mol. The molecule has 0 spiro atoms. The molecule has 26 heavy (non-hydrogen) atoms. The van der Waals surface area contributed by atoms with E-state index in [1.54, 1.807) is 0 Å². The number of carbonyl (C=O) groups is 3. The van der Waals surface area contributed by atoms with E-state index in [0.717, 1.165) is 0 Å². The van der Waals surface area contributed by atoms with E-state index in [4.69, 9.17) is 5.11 Å². The van der Waals surface area contributed by atoms with Crippen LogP contribution in [0.4, 0.5) is 14.5 Å². The van der Waals surface area contributed by atoms with Gasteiger partial charge >= 0.3 is 5.97 Å². The van der Waals surface area contributed by atoms with Crippen molar-refractivity contribution in [1.29, 1.82) is 0 Å². The number of nitrogens with one attached hydrogen (secondary N) is 1. The second kappa shape index (κ2) is 7.39. The topological polar surface area (TPSA) is 86.7 Å². The molecule has 2 aliphatic rings. The first-order valence-electron chi connectivity index (χ1n) is 8.64. The molecule has 2 fully saturated rings. The first-order chi connectivity index (χ1) is 12.3. The van der Waals surface area contributed by atoms with Gasteiger partial charge in [-0.05, 0) is 37.3 Å². The van der Waals surface area contributed by atoms with E-state index in [0.29, 0.717) is 31.6 Å². The third-order valence-corrected chi connectivity index (χ3v) is 5.09. The van der Waals surface area contributed by atoms with Crippen molar-refractivity contribution >= 4 is 23.5 Å². The highest BCUT2D eigenvalue weighted by molar-refractivity contribution is 6.01. The number of anilines is 1. The second-order valence-electron chi connectivity index (χ2n) is 6.86. The van der Waals surface area contributed by atoms with Crippen molar-refractivity contribution < 1.29 is 28.3 Å². The van der Waals surface area contributed by atoms with E-state index in [-0.39, 0.29) is 30.7 Å². The molecule has 8 heteroatoms. The minimum Gasteiger partial charge on any atom is -0.481 e. The molecule has 2 saturated heterocycles. The van der Waals surface area contributed by atoms with Crippen molar-refractivity contribution in [3.63, 3.8) is 0 Å². The van der Waals surface area contributed by atoms with E-state index in [2.05, 4.69) is 5.32 Å². The average molecular weight is 366 g/mol. The molecule has 0 radical (unpaired) electrons. The summed E-state index contributed by atoms with van der Waals surface area (Å²) in [6.07, 6.45) is 1.52.